The van der Waals surface area contributed by atoms with E-state index in [0.29, 0.717) is 0 Å². The number of rotatable bonds is 7. The third kappa shape index (κ3) is 4.37. The summed E-state index contributed by atoms with van der Waals surface area (Å²) in [6, 6.07) is 1.09. The minimum atomic E-state index is -1.47. The average Bonchev–Trinajstić information content (AvgIpc) is 2.89. The van der Waals surface area contributed by atoms with E-state index in [-0.39, 0.29) is 12.3 Å². The number of carbonyl (C=O) groups is 1. The minimum absolute atomic E-state index is 0.161. The number of carbonyl (C=O) groups excluding carboxylic acids is 1. The molecule has 11 heteroatoms. The van der Waals surface area contributed by atoms with Crippen LogP contribution in [-0.2, 0) is 19.0 Å². The van der Waals surface area contributed by atoms with E-state index >= 15 is 0 Å². The van der Waals surface area contributed by atoms with Crippen molar-refractivity contribution in [3.63, 3.8) is 0 Å². The molecule has 6 atom stereocenters. The highest BCUT2D eigenvalue weighted by Gasteiger charge is 2.48. The predicted molar refractivity (Wildman–Crippen MR) is 87.3 cm³/mol. The van der Waals surface area contributed by atoms with Crippen molar-refractivity contribution >= 4 is 5.91 Å². The van der Waals surface area contributed by atoms with E-state index in [2.05, 4.69) is 5.32 Å². The first-order valence-corrected chi connectivity index (χ1v) is 8.00. The molecule has 1 amide bonds. The lowest BCUT2D eigenvalue weighted by atomic mass is 10.0. The van der Waals surface area contributed by atoms with E-state index in [9.17, 15) is 24.6 Å². The highest BCUT2D eigenvalue weighted by molar-refractivity contribution is 5.76. The largest absolute Gasteiger partial charge is 0.387 e. The quantitative estimate of drug-likeness (QED) is 0.388. The number of aliphatic hydroxyl groups excluding tert-OH is 2. The average molecular weight is 373 g/mol. The summed E-state index contributed by atoms with van der Waals surface area (Å²) < 4.78 is 17.2. The van der Waals surface area contributed by atoms with Gasteiger partial charge in [-0.3, -0.25) is 19.1 Å². The summed E-state index contributed by atoms with van der Waals surface area (Å²) in [6.07, 6.45) is -5.93. The molecule has 0 spiro atoms. The van der Waals surface area contributed by atoms with Gasteiger partial charge >= 0.3 is 5.69 Å². The standard InChI is InChI=1S/C15H23N3O8/c1-7(24-3)25-8(6-10(20)16-2)13-11(21)12(22)14(26-13)18-5-4-9(19)17-15(18)23/h4-5,7-8,11-14,21-22H,6H2,1-3H3,(H,16,20)(H,17,19,23). The van der Waals surface area contributed by atoms with Gasteiger partial charge in [0.25, 0.3) is 5.56 Å². The van der Waals surface area contributed by atoms with Crippen LogP contribution >= 0.6 is 0 Å². The zero-order valence-corrected chi connectivity index (χ0v) is 14.6. The van der Waals surface area contributed by atoms with Gasteiger partial charge in [0, 0.05) is 26.4 Å². The van der Waals surface area contributed by atoms with Crippen molar-refractivity contribution in [3.8, 4) is 0 Å². The molecule has 0 radical (unpaired) electrons. The summed E-state index contributed by atoms with van der Waals surface area (Å²) in [4.78, 5) is 36.9. The number of nitrogens with one attached hydrogen (secondary N) is 2. The zero-order chi connectivity index (χ0) is 19.4. The second-order valence-corrected chi connectivity index (χ2v) is 5.85. The summed E-state index contributed by atoms with van der Waals surface area (Å²) >= 11 is 0. The SMILES string of the molecule is CNC(=O)CC(OC(C)OC)C1OC(n2ccc(=O)[nH]c2=O)C(O)C1O. The Morgan fingerprint density at radius 2 is 2.12 bits per heavy atom. The van der Waals surface area contributed by atoms with Crippen LogP contribution in [0, 0.1) is 0 Å². The molecule has 11 nitrogen and oxygen atoms in total. The van der Waals surface area contributed by atoms with E-state index < -0.39 is 48.2 Å². The van der Waals surface area contributed by atoms with E-state index in [0.717, 1.165) is 16.8 Å². The number of ether oxygens (including phenoxy) is 3. The predicted octanol–water partition coefficient (Wildman–Crippen LogP) is -2.33. The van der Waals surface area contributed by atoms with E-state index in [1.54, 1.807) is 6.92 Å². The summed E-state index contributed by atoms with van der Waals surface area (Å²) in [5.74, 6) is -0.367. The van der Waals surface area contributed by atoms with Crippen LogP contribution in [0.1, 0.15) is 19.6 Å². The zero-order valence-electron chi connectivity index (χ0n) is 14.6. The van der Waals surface area contributed by atoms with E-state index in [4.69, 9.17) is 14.2 Å². The van der Waals surface area contributed by atoms with Gasteiger partial charge in [-0.05, 0) is 6.92 Å². The van der Waals surface area contributed by atoms with Gasteiger partial charge in [0.05, 0.1) is 12.5 Å². The molecule has 0 aliphatic carbocycles. The van der Waals surface area contributed by atoms with Crippen LogP contribution in [-0.4, -0.2) is 70.5 Å². The van der Waals surface area contributed by atoms with Gasteiger partial charge in [0.1, 0.15) is 18.3 Å². The fourth-order valence-electron chi connectivity index (χ4n) is 2.68. The van der Waals surface area contributed by atoms with Crippen molar-refractivity contribution in [3.05, 3.63) is 33.1 Å². The molecule has 1 aliphatic rings. The smallest absolute Gasteiger partial charge is 0.330 e. The molecule has 6 unspecified atom stereocenters. The summed E-state index contributed by atoms with van der Waals surface area (Å²) in [7, 11) is 2.85. The van der Waals surface area contributed by atoms with Crippen molar-refractivity contribution < 1.29 is 29.2 Å². The normalized spacial score (nSPS) is 27.9. The molecule has 0 aromatic carbocycles. The van der Waals surface area contributed by atoms with Crippen LogP contribution in [0.25, 0.3) is 0 Å². The van der Waals surface area contributed by atoms with Crippen molar-refractivity contribution in [2.24, 2.45) is 0 Å². The lowest BCUT2D eigenvalue weighted by Gasteiger charge is -2.27. The second kappa shape index (κ2) is 8.56. The molecule has 1 aromatic heterocycles. The fraction of sp³-hybridized carbons (Fsp3) is 0.667. The highest BCUT2D eigenvalue weighted by atomic mass is 16.7. The Hall–Kier alpha value is -2.05. The van der Waals surface area contributed by atoms with Gasteiger partial charge in [0.2, 0.25) is 5.91 Å². The van der Waals surface area contributed by atoms with Crippen LogP contribution in [0.15, 0.2) is 21.9 Å². The third-order valence-corrected chi connectivity index (χ3v) is 4.13. The number of aliphatic hydroxyl groups is 2. The van der Waals surface area contributed by atoms with E-state index in [1.165, 1.54) is 14.2 Å². The maximum atomic E-state index is 11.9. The summed E-state index contributed by atoms with van der Waals surface area (Å²) in [5, 5.41) is 23.1. The molecule has 4 N–H and O–H groups in total. The van der Waals surface area contributed by atoms with Crippen LogP contribution in [0.5, 0.6) is 0 Å². The second-order valence-electron chi connectivity index (χ2n) is 5.85. The van der Waals surface area contributed by atoms with Crippen LogP contribution < -0.4 is 16.6 Å². The topological polar surface area (TPSA) is 152 Å². The van der Waals surface area contributed by atoms with E-state index in [1.807, 2.05) is 4.98 Å². The Kier molecular flexibility index (Phi) is 6.67. The Morgan fingerprint density at radius 3 is 2.69 bits per heavy atom. The number of aromatic nitrogens is 2. The number of amides is 1. The molecule has 1 saturated heterocycles. The van der Waals surface area contributed by atoms with Crippen molar-refractivity contribution in [2.45, 2.75) is 50.3 Å². The van der Waals surface area contributed by atoms with Gasteiger partial charge < -0.3 is 29.7 Å². The highest BCUT2D eigenvalue weighted by Crippen LogP contribution is 2.32. The first-order valence-electron chi connectivity index (χ1n) is 8.00. The summed E-state index contributed by atoms with van der Waals surface area (Å²) in [6.45, 7) is 1.60. The maximum absolute atomic E-state index is 11.9. The maximum Gasteiger partial charge on any atom is 0.330 e. The molecule has 2 rings (SSSR count). The van der Waals surface area contributed by atoms with Gasteiger partial charge in [-0.1, -0.05) is 0 Å². The van der Waals surface area contributed by atoms with Gasteiger partial charge in [-0.2, -0.15) is 0 Å². The van der Waals surface area contributed by atoms with Crippen molar-refractivity contribution in [1.29, 1.82) is 0 Å². The number of hydrogen-bond donors (Lipinski definition) is 4. The number of H-pyrrole nitrogens is 1. The Morgan fingerprint density at radius 1 is 1.42 bits per heavy atom. The Bertz CT molecular complexity index is 732. The molecule has 1 aromatic rings. The number of methoxy groups -OCH3 is 1. The summed E-state index contributed by atoms with van der Waals surface area (Å²) in [5.41, 5.74) is -1.41. The molecule has 146 valence electrons. The number of hydrogen-bond acceptors (Lipinski definition) is 8. The lowest BCUT2D eigenvalue weighted by Crippen LogP contribution is -2.44. The Balaban J connectivity index is 2.27. The monoisotopic (exact) mass is 373 g/mol. The molecule has 0 bridgehead atoms. The number of aromatic amines is 1. The van der Waals surface area contributed by atoms with Gasteiger partial charge in [-0.15, -0.1) is 0 Å². The van der Waals surface area contributed by atoms with Crippen molar-refractivity contribution in [2.75, 3.05) is 14.2 Å². The van der Waals surface area contributed by atoms with Crippen molar-refractivity contribution in [1.82, 2.24) is 14.9 Å². The van der Waals surface area contributed by atoms with Gasteiger partial charge in [0.15, 0.2) is 12.5 Å². The van der Waals surface area contributed by atoms with Crippen LogP contribution in [0.3, 0.4) is 0 Å². The minimum Gasteiger partial charge on any atom is -0.387 e. The third-order valence-electron chi connectivity index (χ3n) is 4.13. The van der Waals surface area contributed by atoms with Crippen LogP contribution in [0.2, 0.25) is 0 Å². The molecule has 1 aliphatic heterocycles. The Labute approximate surface area is 148 Å². The first kappa shape index (κ1) is 20.3. The molecule has 2 heterocycles. The molecule has 1 fully saturated rings. The molecular formula is C15H23N3O8. The number of nitrogens with zero attached hydrogens (tertiary/aromatic N) is 1. The molecular weight excluding hydrogens is 350 g/mol. The molecule has 0 saturated carbocycles. The first-order chi connectivity index (χ1) is 12.3. The lowest BCUT2D eigenvalue weighted by molar-refractivity contribution is -0.192. The van der Waals surface area contributed by atoms with Crippen LogP contribution in [0.4, 0.5) is 0 Å². The fourth-order valence-corrected chi connectivity index (χ4v) is 2.68. The molecule has 26 heavy (non-hydrogen) atoms. The van der Waals surface area contributed by atoms with Gasteiger partial charge in [-0.25, -0.2) is 4.79 Å².